The quantitative estimate of drug-likeness (QED) is 0.750. The van der Waals surface area contributed by atoms with Crippen molar-refractivity contribution < 1.29 is 29.3 Å². The Hall–Kier alpha value is -3.35. The number of carboxylic acids is 2. The van der Waals surface area contributed by atoms with Gasteiger partial charge >= 0.3 is 11.9 Å². The van der Waals surface area contributed by atoms with Crippen LogP contribution in [0.3, 0.4) is 0 Å². The van der Waals surface area contributed by atoms with Gasteiger partial charge in [0.05, 0.1) is 11.1 Å². The molecule has 2 rings (SSSR count). The zero-order chi connectivity index (χ0) is 17.7. The highest BCUT2D eigenvalue weighted by atomic mass is 16.5. The van der Waals surface area contributed by atoms with E-state index in [1.165, 1.54) is 19.1 Å². The summed E-state index contributed by atoms with van der Waals surface area (Å²) in [5.41, 5.74) is -0.399. The van der Waals surface area contributed by atoms with E-state index >= 15 is 0 Å². The molecule has 7 nitrogen and oxygen atoms in total. The number of carbonyl (C=O) groups is 3. The predicted molar refractivity (Wildman–Crippen MR) is 85.5 cm³/mol. The average molecular weight is 329 g/mol. The lowest BCUT2D eigenvalue weighted by molar-refractivity contribution is -0.122. The number of ether oxygens (including phenoxy) is 1. The molecule has 7 heteroatoms. The Kier molecular flexibility index (Phi) is 5.16. The molecule has 2 aromatic rings. The summed E-state index contributed by atoms with van der Waals surface area (Å²) in [4.78, 5) is 34.3. The van der Waals surface area contributed by atoms with Gasteiger partial charge < -0.3 is 20.3 Å². The molecule has 0 radical (unpaired) electrons. The van der Waals surface area contributed by atoms with Crippen LogP contribution < -0.4 is 10.1 Å². The van der Waals surface area contributed by atoms with Gasteiger partial charge in [-0.2, -0.15) is 0 Å². The molecule has 0 spiro atoms. The number of hydrogen-bond acceptors (Lipinski definition) is 4. The number of aromatic carboxylic acids is 2. The maximum Gasteiger partial charge on any atom is 0.335 e. The standard InChI is InChI=1S/C17H15NO6/c1-10(24-14-5-3-2-4-6-14)15(19)18-13-8-11(16(20)21)7-12(9-13)17(22)23/h2-10H,1H3,(H,18,19)(H,20,21)(H,22,23)/t10-/m0/s1. The topological polar surface area (TPSA) is 113 Å². The molecule has 0 aliphatic heterocycles. The smallest absolute Gasteiger partial charge is 0.335 e. The number of carboxylic acid groups (broad SMARTS) is 2. The van der Waals surface area contributed by atoms with Crippen LogP contribution >= 0.6 is 0 Å². The third-order valence-corrected chi connectivity index (χ3v) is 3.12. The normalized spacial score (nSPS) is 11.4. The van der Waals surface area contributed by atoms with Crippen molar-refractivity contribution in [1.29, 1.82) is 0 Å². The maximum atomic E-state index is 12.1. The van der Waals surface area contributed by atoms with Gasteiger partial charge in [-0.25, -0.2) is 9.59 Å². The van der Waals surface area contributed by atoms with Crippen LogP contribution in [0, 0.1) is 0 Å². The fourth-order valence-electron chi connectivity index (χ4n) is 1.95. The van der Waals surface area contributed by atoms with Crippen LogP contribution in [0.5, 0.6) is 5.75 Å². The highest BCUT2D eigenvalue weighted by Crippen LogP contribution is 2.17. The second-order valence-corrected chi connectivity index (χ2v) is 4.97. The van der Waals surface area contributed by atoms with Crippen molar-refractivity contribution in [3.63, 3.8) is 0 Å². The van der Waals surface area contributed by atoms with Gasteiger partial charge in [0, 0.05) is 5.69 Å². The summed E-state index contributed by atoms with van der Waals surface area (Å²) in [5, 5.41) is 20.5. The number of para-hydroxylation sites is 1. The van der Waals surface area contributed by atoms with Gasteiger partial charge in [-0.1, -0.05) is 18.2 Å². The molecule has 124 valence electrons. The Morgan fingerprint density at radius 2 is 1.50 bits per heavy atom. The third-order valence-electron chi connectivity index (χ3n) is 3.12. The lowest BCUT2D eigenvalue weighted by Crippen LogP contribution is -2.30. The minimum absolute atomic E-state index is 0.0702. The zero-order valence-electron chi connectivity index (χ0n) is 12.7. The van der Waals surface area contributed by atoms with Crippen LogP contribution in [0.4, 0.5) is 5.69 Å². The van der Waals surface area contributed by atoms with E-state index < -0.39 is 23.9 Å². The first-order valence-electron chi connectivity index (χ1n) is 7.01. The van der Waals surface area contributed by atoms with E-state index in [4.69, 9.17) is 14.9 Å². The summed E-state index contributed by atoms with van der Waals surface area (Å²) in [7, 11) is 0. The first kappa shape index (κ1) is 17.0. The molecule has 0 saturated carbocycles. The lowest BCUT2D eigenvalue weighted by Gasteiger charge is -2.15. The van der Waals surface area contributed by atoms with Crippen LogP contribution in [0.15, 0.2) is 48.5 Å². The predicted octanol–water partition coefficient (Wildman–Crippen LogP) is 2.49. The summed E-state index contributed by atoms with van der Waals surface area (Å²) >= 11 is 0. The molecule has 3 N–H and O–H groups in total. The highest BCUT2D eigenvalue weighted by Gasteiger charge is 2.17. The summed E-state index contributed by atoms with van der Waals surface area (Å²) in [6, 6.07) is 12.1. The van der Waals surface area contributed by atoms with Gasteiger partial charge in [0.1, 0.15) is 5.75 Å². The Morgan fingerprint density at radius 1 is 0.958 bits per heavy atom. The molecule has 0 heterocycles. The molecule has 2 aromatic carbocycles. The zero-order valence-corrected chi connectivity index (χ0v) is 12.7. The van der Waals surface area contributed by atoms with Crippen molar-refractivity contribution in [1.82, 2.24) is 0 Å². The number of rotatable bonds is 6. The van der Waals surface area contributed by atoms with Gasteiger partial charge in [-0.05, 0) is 37.3 Å². The molecular weight excluding hydrogens is 314 g/mol. The van der Waals surface area contributed by atoms with Crippen LogP contribution in [0.2, 0.25) is 0 Å². The molecule has 0 fully saturated rings. The second-order valence-electron chi connectivity index (χ2n) is 4.97. The molecule has 0 bridgehead atoms. The van der Waals surface area contributed by atoms with E-state index in [0.29, 0.717) is 5.75 Å². The highest BCUT2D eigenvalue weighted by molar-refractivity contribution is 5.99. The van der Waals surface area contributed by atoms with Crippen molar-refractivity contribution in [3.05, 3.63) is 59.7 Å². The Labute approximate surface area is 137 Å². The van der Waals surface area contributed by atoms with Crippen molar-refractivity contribution in [2.75, 3.05) is 5.32 Å². The number of nitrogens with one attached hydrogen (secondary N) is 1. The summed E-state index contributed by atoms with van der Waals surface area (Å²) in [5.74, 6) is -2.60. The molecule has 1 atom stereocenters. The molecule has 0 saturated heterocycles. The monoisotopic (exact) mass is 329 g/mol. The maximum absolute atomic E-state index is 12.1. The minimum Gasteiger partial charge on any atom is -0.481 e. The average Bonchev–Trinajstić information content (AvgIpc) is 2.55. The molecule has 0 unspecified atom stereocenters. The molecular formula is C17H15NO6. The SMILES string of the molecule is C[C@H](Oc1ccccc1)C(=O)Nc1cc(C(=O)O)cc(C(=O)O)c1. The number of anilines is 1. The number of amides is 1. The van der Waals surface area contributed by atoms with Gasteiger partial charge in [-0.15, -0.1) is 0 Å². The van der Waals surface area contributed by atoms with Gasteiger partial charge in [0.2, 0.25) is 0 Å². The van der Waals surface area contributed by atoms with Crippen LogP contribution in [0.25, 0.3) is 0 Å². The Balaban J connectivity index is 2.15. The molecule has 0 aromatic heterocycles. The first-order valence-corrected chi connectivity index (χ1v) is 7.01. The van der Waals surface area contributed by atoms with Crippen molar-refractivity contribution in [3.8, 4) is 5.75 Å². The van der Waals surface area contributed by atoms with Crippen molar-refractivity contribution in [2.24, 2.45) is 0 Å². The van der Waals surface area contributed by atoms with Crippen molar-refractivity contribution >= 4 is 23.5 Å². The van der Waals surface area contributed by atoms with E-state index in [0.717, 1.165) is 6.07 Å². The van der Waals surface area contributed by atoms with E-state index in [2.05, 4.69) is 5.32 Å². The van der Waals surface area contributed by atoms with E-state index in [1.54, 1.807) is 24.3 Å². The summed E-state index contributed by atoms with van der Waals surface area (Å²) in [6.45, 7) is 1.53. The first-order chi connectivity index (χ1) is 11.4. The molecule has 24 heavy (non-hydrogen) atoms. The molecule has 1 amide bonds. The number of carbonyl (C=O) groups excluding carboxylic acids is 1. The minimum atomic E-state index is -1.29. The van der Waals surface area contributed by atoms with Gasteiger partial charge in [-0.3, -0.25) is 4.79 Å². The van der Waals surface area contributed by atoms with E-state index in [9.17, 15) is 14.4 Å². The fraction of sp³-hybridized carbons (Fsp3) is 0.118. The molecule has 0 aliphatic carbocycles. The van der Waals surface area contributed by atoms with Crippen molar-refractivity contribution in [2.45, 2.75) is 13.0 Å². The van der Waals surface area contributed by atoms with Crippen LogP contribution in [-0.4, -0.2) is 34.2 Å². The van der Waals surface area contributed by atoms with Gasteiger partial charge in [0.15, 0.2) is 6.10 Å². The summed E-state index contributed by atoms with van der Waals surface area (Å²) < 4.78 is 5.46. The van der Waals surface area contributed by atoms with E-state index in [-0.39, 0.29) is 16.8 Å². The number of hydrogen-bond donors (Lipinski definition) is 3. The lowest BCUT2D eigenvalue weighted by atomic mass is 10.1. The van der Waals surface area contributed by atoms with Crippen LogP contribution in [-0.2, 0) is 4.79 Å². The van der Waals surface area contributed by atoms with Crippen LogP contribution in [0.1, 0.15) is 27.6 Å². The Morgan fingerprint density at radius 3 is 2.00 bits per heavy atom. The fourth-order valence-corrected chi connectivity index (χ4v) is 1.95. The number of benzene rings is 2. The molecule has 0 aliphatic rings. The van der Waals surface area contributed by atoms with E-state index in [1.807, 2.05) is 6.07 Å². The summed E-state index contributed by atoms with van der Waals surface area (Å²) in [6.07, 6.45) is -0.853. The largest absolute Gasteiger partial charge is 0.481 e. The Bertz CT molecular complexity index is 740. The third kappa shape index (κ3) is 4.33. The van der Waals surface area contributed by atoms with Gasteiger partial charge in [0.25, 0.3) is 5.91 Å². The second kappa shape index (κ2) is 7.28.